The summed E-state index contributed by atoms with van der Waals surface area (Å²) in [5.74, 6) is 0.906. The molecular formula is C22H23NO6. The number of aromatic nitrogens is 1. The lowest BCUT2D eigenvalue weighted by atomic mass is 10.1. The van der Waals surface area contributed by atoms with E-state index in [1.165, 1.54) is 13.2 Å². The van der Waals surface area contributed by atoms with Crippen LogP contribution in [0.3, 0.4) is 0 Å². The zero-order valence-electron chi connectivity index (χ0n) is 16.7. The number of rotatable bonds is 5. The molecule has 0 saturated heterocycles. The number of aromatic amines is 1. The highest BCUT2D eigenvalue weighted by molar-refractivity contribution is 5.87. The van der Waals surface area contributed by atoms with Crippen LogP contribution >= 0.6 is 0 Å². The van der Waals surface area contributed by atoms with E-state index < -0.39 is 5.97 Å². The summed E-state index contributed by atoms with van der Waals surface area (Å²) in [6.07, 6.45) is 2.56. The Labute approximate surface area is 168 Å². The lowest BCUT2D eigenvalue weighted by Crippen LogP contribution is -2.05. The summed E-state index contributed by atoms with van der Waals surface area (Å²) >= 11 is 0. The molecule has 2 aromatic carbocycles. The molecule has 0 aliphatic rings. The number of aliphatic carboxylic acids is 1. The highest BCUT2D eigenvalue weighted by Crippen LogP contribution is 2.28. The highest BCUT2D eigenvalue weighted by Gasteiger charge is 2.04. The second-order valence-corrected chi connectivity index (χ2v) is 5.99. The first kappa shape index (κ1) is 21.6. The third-order valence-electron chi connectivity index (χ3n) is 4.09. The molecule has 0 atom stereocenters. The van der Waals surface area contributed by atoms with E-state index in [0.29, 0.717) is 17.2 Å². The van der Waals surface area contributed by atoms with Gasteiger partial charge in [0.1, 0.15) is 5.75 Å². The summed E-state index contributed by atoms with van der Waals surface area (Å²) in [7, 11) is 4.67. The van der Waals surface area contributed by atoms with Crippen LogP contribution in [0.1, 0.15) is 11.1 Å². The zero-order valence-corrected chi connectivity index (χ0v) is 16.7. The molecule has 3 aromatic rings. The number of ether oxygens (including phenoxy) is 3. The number of methoxy groups -OCH3 is 3. The number of hydrogen-bond acceptors (Lipinski definition) is 5. The van der Waals surface area contributed by atoms with Gasteiger partial charge in [-0.3, -0.25) is 4.79 Å². The summed E-state index contributed by atoms with van der Waals surface area (Å²) in [4.78, 5) is 24.3. The van der Waals surface area contributed by atoms with Gasteiger partial charge in [0, 0.05) is 17.5 Å². The minimum Gasteiger partial charge on any atom is -0.495 e. The number of H-pyrrole nitrogens is 1. The van der Waals surface area contributed by atoms with Crippen molar-refractivity contribution in [1.29, 1.82) is 0 Å². The predicted molar refractivity (Wildman–Crippen MR) is 112 cm³/mol. The van der Waals surface area contributed by atoms with E-state index >= 15 is 0 Å². The van der Waals surface area contributed by atoms with Crippen molar-refractivity contribution in [2.45, 2.75) is 6.92 Å². The molecule has 0 aliphatic carbocycles. The average Bonchev–Trinajstić information content (AvgIpc) is 2.72. The van der Waals surface area contributed by atoms with Crippen LogP contribution < -0.4 is 19.8 Å². The van der Waals surface area contributed by atoms with Gasteiger partial charge in [0.15, 0.2) is 11.5 Å². The van der Waals surface area contributed by atoms with E-state index in [1.54, 1.807) is 38.5 Å². The van der Waals surface area contributed by atoms with Gasteiger partial charge in [-0.1, -0.05) is 18.2 Å². The number of para-hydroxylation sites is 1. The number of hydrogen-bond donors (Lipinski definition) is 2. The quantitative estimate of drug-likeness (QED) is 0.638. The zero-order chi connectivity index (χ0) is 21.4. The van der Waals surface area contributed by atoms with Gasteiger partial charge < -0.3 is 24.3 Å². The summed E-state index contributed by atoms with van der Waals surface area (Å²) in [5.41, 5.74) is 2.37. The SMILES string of the molecule is COc1ccc(C=CC(=O)O)cc1OC.COc1cccc2c(C)cc(=O)[nH]c12. The molecule has 1 heterocycles. The van der Waals surface area contributed by atoms with Gasteiger partial charge in [-0.2, -0.15) is 0 Å². The lowest BCUT2D eigenvalue weighted by molar-refractivity contribution is -0.131. The molecule has 0 unspecified atom stereocenters. The van der Waals surface area contributed by atoms with Crippen molar-refractivity contribution in [1.82, 2.24) is 4.98 Å². The molecular weight excluding hydrogens is 374 g/mol. The molecule has 0 bridgehead atoms. The van der Waals surface area contributed by atoms with Crippen LogP contribution in [0.5, 0.6) is 17.2 Å². The molecule has 3 rings (SSSR count). The monoisotopic (exact) mass is 397 g/mol. The smallest absolute Gasteiger partial charge is 0.328 e. The van der Waals surface area contributed by atoms with E-state index in [0.717, 1.165) is 28.1 Å². The fraction of sp³-hybridized carbons (Fsp3) is 0.182. The second-order valence-electron chi connectivity index (χ2n) is 5.99. The molecule has 0 amide bonds. The summed E-state index contributed by atoms with van der Waals surface area (Å²) in [6, 6.07) is 12.5. The van der Waals surface area contributed by atoms with Gasteiger partial charge in [0.05, 0.1) is 26.8 Å². The Morgan fingerprint density at radius 1 is 0.966 bits per heavy atom. The van der Waals surface area contributed by atoms with Gasteiger partial charge in [-0.15, -0.1) is 0 Å². The molecule has 152 valence electrons. The van der Waals surface area contributed by atoms with Crippen LogP contribution in [-0.2, 0) is 4.79 Å². The van der Waals surface area contributed by atoms with Crippen molar-refractivity contribution in [3.05, 3.63) is 70.0 Å². The van der Waals surface area contributed by atoms with Crippen molar-refractivity contribution in [3.8, 4) is 17.2 Å². The Morgan fingerprint density at radius 2 is 1.66 bits per heavy atom. The van der Waals surface area contributed by atoms with E-state index in [9.17, 15) is 9.59 Å². The second kappa shape index (κ2) is 9.98. The Hall–Kier alpha value is -3.74. The maximum Gasteiger partial charge on any atom is 0.328 e. The minimum atomic E-state index is -0.982. The van der Waals surface area contributed by atoms with Crippen molar-refractivity contribution < 1.29 is 24.1 Å². The summed E-state index contributed by atoms with van der Waals surface area (Å²) in [6.45, 7) is 1.91. The number of nitrogens with one attached hydrogen (secondary N) is 1. The van der Waals surface area contributed by atoms with Crippen LogP contribution in [0, 0.1) is 6.92 Å². The Kier molecular flexibility index (Phi) is 7.42. The third-order valence-corrected chi connectivity index (χ3v) is 4.09. The maximum atomic E-state index is 11.3. The number of aryl methyl sites for hydroxylation is 1. The van der Waals surface area contributed by atoms with Crippen LogP contribution in [0.2, 0.25) is 0 Å². The molecule has 0 fully saturated rings. The van der Waals surface area contributed by atoms with Gasteiger partial charge >= 0.3 is 5.97 Å². The van der Waals surface area contributed by atoms with Crippen molar-refractivity contribution in [2.75, 3.05) is 21.3 Å². The molecule has 0 saturated carbocycles. The van der Waals surface area contributed by atoms with Crippen LogP contribution in [0.15, 0.2) is 53.3 Å². The van der Waals surface area contributed by atoms with Gasteiger partial charge in [0.2, 0.25) is 5.56 Å². The molecule has 29 heavy (non-hydrogen) atoms. The minimum absolute atomic E-state index is 0.0977. The maximum absolute atomic E-state index is 11.3. The first-order valence-corrected chi connectivity index (χ1v) is 8.69. The van der Waals surface area contributed by atoms with Gasteiger partial charge in [-0.25, -0.2) is 4.79 Å². The summed E-state index contributed by atoms with van der Waals surface area (Å²) < 4.78 is 15.3. The van der Waals surface area contributed by atoms with Crippen LogP contribution in [-0.4, -0.2) is 37.4 Å². The molecule has 1 aromatic heterocycles. The lowest BCUT2D eigenvalue weighted by Gasteiger charge is -2.07. The normalized spacial score (nSPS) is 10.3. The summed E-state index contributed by atoms with van der Waals surface area (Å²) in [5, 5.41) is 9.48. The Bertz CT molecular complexity index is 1080. The predicted octanol–water partition coefficient (Wildman–Crippen LogP) is 3.65. The number of pyridine rings is 1. The van der Waals surface area contributed by atoms with Gasteiger partial charge in [-0.05, 0) is 42.3 Å². The van der Waals surface area contributed by atoms with Crippen molar-refractivity contribution >= 4 is 22.9 Å². The van der Waals surface area contributed by atoms with E-state index in [-0.39, 0.29) is 5.56 Å². The Morgan fingerprint density at radius 3 is 2.28 bits per heavy atom. The Balaban J connectivity index is 0.000000207. The molecule has 2 N–H and O–H groups in total. The first-order valence-electron chi connectivity index (χ1n) is 8.69. The van der Waals surface area contributed by atoms with E-state index in [1.807, 2.05) is 25.1 Å². The number of fused-ring (bicyclic) bond motifs is 1. The fourth-order valence-electron chi connectivity index (χ4n) is 2.72. The molecule has 7 nitrogen and oxygen atoms in total. The van der Waals surface area contributed by atoms with Crippen LogP contribution in [0.4, 0.5) is 0 Å². The molecule has 0 spiro atoms. The topological polar surface area (TPSA) is 97.8 Å². The molecule has 7 heteroatoms. The van der Waals surface area contributed by atoms with Crippen molar-refractivity contribution in [3.63, 3.8) is 0 Å². The molecule has 0 radical (unpaired) electrons. The average molecular weight is 397 g/mol. The fourth-order valence-corrected chi connectivity index (χ4v) is 2.72. The number of carbonyl (C=O) groups is 1. The standard InChI is InChI=1S/C11H11NO2.C11H12O4/c1-7-6-10(13)12-11-8(7)4-3-5-9(11)14-2;1-14-9-5-3-8(4-6-11(12)13)7-10(9)15-2/h3-6H,1-2H3,(H,12,13);3-7H,1-2H3,(H,12,13). The molecule has 0 aliphatic heterocycles. The van der Waals surface area contributed by atoms with Crippen LogP contribution in [0.25, 0.3) is 17.0 Å². The van der Waals surface area contributed by atoms with Crippen molar-refractivity contribution in [2.24, 2.45) is 0 Å². The largest absolute Gasteiger partial charge is 0.495 e. The van der Waals surface area contributed by atoms with E-state index in [4.69, 9.17) is 19.3 Å². The number of carboxylic acids is 1. The number of benzene rings is 2. The van der Waals surface area contributed by atoms with Gasteiger partial charge in [0.25, 0.3) is 0 Å². The number of carboxylic acid groups (broad SMARTS) is 1. The highest BCUT2D eigenvalue weighted by atomic mass is 16.5. The third kappa shape index (κ3) is 5.62. The first-order chi connectivity index (χ1) is 13.9. The van der Waals surface area contributed by atoms with E-state index in [2.05, 4.69) is 4.98 Å².